The molecule has 0 bridgehead atoms. The van der Waals surface area contributed by atoms with Crippen LogP contribution in [0.2, 0.25) is 0 Å². The Kier molecular flexibility index (Phi) is 4.19. The zero-order chi connectivity index (χ0) is 12.3. The van der Waals surface area contributed by atoms with Gasteiger partial charge in [0.15, 0.2) is 0 Å². The highest BCUT2D eigenvalue weighted by atomic mass is 16.3. The number of rotatable bonds is 5. The summed E-state index contributed by atoms with van der Waals surface area (Å²) in [6, 6.07) is 8.10. The Morgan fingerprint density at radius 2 is 2.06 bits per heavy atom. The van der Waals surface area contributed by atoms with Gasteiger partial charge in [-0.1, -0.05) is 30.7 Å². The van der Waals surface area contributed by atoms with Crippen molar-refractivity contribution in [2.75, 3.05) is 20.1 Å². The van der Waals surface area contributed by atoms with Gasteiger partial charge in [0.25, 0.3) is 0 Å². The SMILES string of the molecule is Cc1ccccc1C(O)CN(C)CC1CCC1. The van der Waals surface area contributed by atoms with Crippen LogP contribution < -0.4 is 0 Å². The molecular formula is C15H23NO. The second-order valence-corrected chi connectivity index (χ2v) is 5.39. The fourth-order valence-corrected chi connectivity index (χ4v) is 2.54. The van der Waals surface area contributed by atoms with E-state index in [9.17, 15) is 5.11 Å². The molecule has 0 spiro atoms. The van der Waals surface area contributed by atoms with Crippen molar-refractivity contribution >= 4 is 0 Å². The van der Waals surface area contributed by atoms with E-state index in [1.165, 1.54) is 24.8 Å². The minimum absolute atomic E-state index is 0.360. The van der Waals surface area contributed by atoms with Crippen LogP contribution in [-0.2, 0) is 0 Å². The molecule has 2 nitrogen and oxygen atoms in total. The maximum atomic E-state index is 10.2. The van der Waals surface area contributed by atoms with Crippen LogP contribution in [0.25, 0.3) is 0 Å². The van der Waals surface area contributed by atoms with Crippen LogP contribution in [0.3, 0.4) is 0 Å². The summed E-state index contributed by atoms with van der Waals surface area (Å²) in [5, 5.41) is 10.2. The Labute approximate surface area is 104 Å². The maximum absolute atomic E-state index is 10.2. The van der Waals surface area contributed by atoms with Crippen LogP contribution in [0.5, 0.6) is 0 Å². The first-order valence-electron chi connectivity index (χ1n) is 6.59. The second kappa shape index (κ2) is 5.65. The van der Waals surface area contributed by atoms with Crippen LogP contribution in [0, 0.1) is 12.8 Å². The van der Waals surface area contributed by atoms with E-state index < -0.39 is 0 Å². The van der Waals surface area contributed by atoms with E-state index >= 15 is 0 Å². The molecule has 0 aliphatic heterocycles. The molecule has 0 amide bonds. The summed E-state index contributed by atoms with van der Waals surface area (Å²) in [5.41, 5.74) is 2.24. The van der Waals surface area contributed by atoms with Gasteiger partial charge in [0.05, 0.1) is 6.10 Å². The lowest BCUT2D eigenvalue weighted by Gasteiger charge is -2.31. The van der Waals surface area contributed by atoms with Gasteiger partial charge in [0, 0.05) is 13.1 Å². The molecule has 2 heteroatoms. The summed E-state index contributed by atoms with van der Waals surface area (Å²) in [6.45, 7) is 3.93. The summed E-state index contributed by atoms with van der Waals surface area (Å²) >= 11 is 0. The summed E-state index contributed by atoms with van der Waals surface area (Å²) < 4.78 is 0. The average Bonchev–Trinajstić information content (AvgIpc) is 2.24. The van der Waals surface area contributed by atoms with Crippen molar-refractivity contribution in [1.29, 1.82) is 0 Å². The first-order chi connectivity index (χ1) is 8.16. The number of hydrogen-bond acceptors (Lipinski definition) is 2. The molecule has 94 valence electrons. The summed E-state index contributed by atoms with van der Waals surface area (Å²) in [5.74, 6) is 0.865. The molecular weight excluding hydrogens is 210 g/mol. The smallest absolute Gasteiger partial charge is 0.0919 e. The fourth-order valence-electron chi connectivity index (χ4n) is 2.54. The highest BCUT2D eigenvalue weighted by Gasteiger charge is 2.20. The molecule has 0 heterocycles. The molecule has 1 N–H and O–H groups in total. The van der Waals surface area contributed by atoms with Gasteiger partial charge in [-0.3, -0.25) is 0 Å². The van der Waals surface area contributed by atoms with Gasteiger partial charge in [-0.2, -0.15) is 0 Å². The summed E-state index contributed by atoms with van der Waals surface area (Å²) in [7, 11) is 2.11. The Morgan fingerprint density at radius 1 is 1.35 bits per heavy atom. The van der Waals surface area contributed by atoms with Gasteiger partial charge in [0.2, 0.25) is 0 Å². The minimum Gasteiger partial charge on any atom is -0.387 e. The Morgan fingerprint density at radius 3 is 2.65 bits per heavy atom. The molecule has 0 aromatic heterocycles. The van der Waals surface area contributed by atoms with Crippen LogP contribution in [-0.4, -0.2) is 30.1 Å². The van der Waals surface area contributed by atoms with Crippen LogP contribution in [0.1, 0.15) is 36.5 Å². The minimum atomic E-state index is -0.360. The maximum Gasteiger partial charge on any atom is 0.0919 e. The fraction of sp³-hybridized carbons (Fsp3) is 0.600. The number of aryl methyl sites for hydroxylation is 1. The van der Waals surface area contributed by atoms with E-state index in [1.807, 2.05) is 18.2 Å². The number of benzene rings is 1. The second-order valence-electron chi connectivity index (χ2n) is 5.39. The molecule has 1 unspecified atom stereocenters. The molecule has 1 saturated carbocycles. The highest BCUT2D eigenvalue weighted by Crippen LogP contribution is 2.27. The largest absolute Gasteiger partial charge is 0.387 e. The van der Waals surface area contributed by atoms with Crippen LogP contribution in [0.4, 0.5) is 0 Å². The van der Waals surface area contributed by atoms with Gasteiger partial charge < -0.3 is 10.0 Å². The molecule has 2 rings (SSSR count). The summed E-state index contributed by atoms with van der Waals surface area (Å²) in [6.07, 6.45) is 3.76. The first-order valence-corrected chi connectivity index (χ1v) is 6.59. The predicted octanol–water partition coefficient (Wildman–Crippen LogP) is 2.76. The van der Waals surface area contributed by atoms with Gasteiger partial charge in [-0.15, -0.1) is 0 Å². The third kappa shape index (κ3) is 3.30. The molecule has 1 aromatic carbocycles. The Hall–Kier alpha value is -0.860. The van der Waals surface area contributed by atoms with Gasteiger partial charge >= 0.3 is 0 Å². The topological polar surface area (TPSA) is 23.5 Å². The molecule has 0 radical (unpaired) electrons. The Balaban J connectivity index is 1.87. The lowest BCUT2D eigenvalue weighted by molar-refractivity contribution is 0.106. The standard InChI is InChI=1S/C15H23NO/c1-12-6-3-4-9-14(12)15(17)11-16(2)10-13-7-5-8-13/h3-4,6,9,13,15,17H,5,7-8,10-11H2,1-2H3. The van der Waals surface area contributed by atoms with E-state index in [1.54, 1.807) is 0 Å². The number of aliphatic hydroxyl groups excluding tert-OH is 1. The number of likely N-dealkylation sites (N-methyl/N-ethyl adjacent to an activating group) is 1. The van der Waals surface area contributed by atoms with Gasteiger partial charge in [0.1, 0.15) is 0 Å². The third-order valence-corrected chi connectivity index (χ3v) is 3.83. The number of hydrogen-bond donors (Lipinski definition) is 1. The van der Waals surface area contributed by atoms with E-state index in [0.717, 1.165) is 24.6 Å². The highest BCUT2D eigenvalue weighted by molar-refractivity contribution is 5.27. The van der Waals surface area contributed by atoms with Crippen molar-refractivity contribution in [1.82, 2.24) is 4.90 Å². The van der Waals surface area contributed by atoms with Gasteiger partial charge in [-0.25, -0.2) is 0 Å². The molecule has 1 aromatic rings. The van der Waals surface area contributed by atoms with Gasteiger partial charge in [-0.05, 0) is 43.9 Å². The van der Waals surface area contributed by atoms with Crippen LogP contribution in [0.15, 0.2) is 24.3 Å². The normalized spacial score (nSPS) is 18.1. The predicted molar refractivity (Wildman–Crippen MR) is 71.0 cm³/mol. The average molecular weight is 233 g/mol. The van der Waals surface area contributed by atoms with Crippen LogP contribution >= 0.6 is 0 Å². The zero-order valence-corrected chi connectivity index (χ0v) is 10.9. The van der Waals surface area contributed by atoms with Crippen molar-refractivity contribution in [3.05, 3.63) is 35.4 Å². The van der Waals surface area contributed by atoms with Crippen molar-refractivity contribution in [3.63, 3.8) is 0 Å². The quantitative estimate of drug-likeness (QED) is 0.845. The molecule has 1 fully saturated rings. The molecule has 1 aliphatic rings. The molecule has 1 atom stereocenters. The van der Waals surface area contributed by atoms with Crippen molar-refractivity contribution in [2.45, 2.75) is 32.3 Å². The number of aliphatic hydroxyl groups is 1. The monoisotopic (exact) mass is 233 g/mol. The van der Waals surface area contributed by atoms with E-state index in [2.05, 4.69) is 24.9 Å². The zero-order valence-electron chi connectivity index (χ0n) is 10.9. The van der Waals surface area contributed by atoms with E-state index in [4.69, 9.17) is 0 Å². The molecule has 0 saturated heterocycles. The van der Waals surface area contributed by atoms with Crippen molar-refractivity contribution in [3.8, 4) is 0 Å². The molecule has 1 aliphatic carbocycles. The Bertz CT molecular complexity index is 360. The molecule has 17 heavy (non-hydrogen) atoms. The van der Waals surface area contributed by atoms with Crippen molar-refractivity contribution < 1.29 is 5.11 Å². The number of nitrogens with zero attached hydrogens (tertiary/aromatic N) is 1. The third-order valence-electron chi connectivity index (χ3n) is 3.83. The van der Waals surface area contributed by atoms with Crippen molar-refractivity contribution in [2.24, 2.45) is 5.92 Å². The van der Waals surface area contributed by atoms with E-state index in [0.29, 0.717) is 0 Å². The lowest BCUT2D eigenvalue weighted by atomic mass is 9.85. The first kappa shape index (κ1) is 12.6. The van der Waals surface area contributed by atoms with E-state index in [-0.39, 0.29) is 6.10 Å². The summed E-state index contributed by atoms with van der Waals surface area (Å²) in [4.78, 5) is 2.26. The lowest BCUT2D eigenvalue weighted by Crippen LogP contribution is -2.32.